The lowest BCUT2D eigenvalue weighted by Crippen LogP contribution is -2.16. The Morgan fingerprint density at radius 2 is 1.68 bits per heavy atom. The Balaban J connectivity index is 1.99. The Kier molecular flexibility index (Phi) is 3.46. The van der Waals surface area contributed by atoms with Crippen molar-refractivity contribution in [1.82, 2.24) is 0 Å². The highest BCUT2D eigenvalue weighted by molar-refractivity contribution is 7.92. The predicted molar refractivity (Wildman–Crippen MR) is 83.2 cm³/mol. The summed E-state index contributed by atoms with van der Waals surface area (Å²) in [5, 5.41) is 18.5. The Morgan fingerprint density at radius 3 is 2.41 bits per heavy atom. The standard InChI is InChI=1S/C16H13NO4S/c17-13(10-22(19,20)11-6-2-1-3-7-11)15-12-8-4-5-9-14(12)21-16(15)18/h1-9,17-18H,10H2. The Bertz CT molecular complexity index is 943. The van der Waals surface area contributed by atoms with E-state index in [1.165, 1.54) is 12.1 Å². The van der Waals surface area contributed by atoms with Crippen LogP contribution in [0.25, 0.3) is 11.0 Å². The van der Waals surface area contributed by atoms with Crippen molar-refractivity contribution < 1.29 is 17.9 Å². The summed E-state index contributed by atoms with van der Waals surface area (Å²) in [6.45, 7) is 0. The number of hydrogen-bond donors (Lipinski definition) is 2. The summed E-state index contributed by atoms with van der Waals surface area (Å²) < 4.78 is 29.8. The largest absolute Gasteiger partial charge is 0.480 e. The number of hydrogen-bond acceptors (Lipinski definition) is 5. The number of benzene rings is 2. The van der Waals surface area contributed by atoms with Gasteiger partial charge in [-0.2, -0.15) is 0 Å². The van der Waals surface area contributed by atoms with Crippen molar-refractivity contribution in [2.75, 3.05) is 5.75 Å². The van der Waals surface area contributed by atoms with Gasteiger partial charge in [0.25, 0.3) is 5.95 Å². The molecular weight excluding hydrogens is 302 g/mol. The van der Waals surface area contributed by atoms with Crippen molar-refractivity contribution in [3.05, 3.63) is 60.2 Å². The Hall–Kier alpha value is -2.60. The van der Waals surface area contributed by atoms with Crippen LogP contribution in [-0.4, -0.2) is 25.0 Å². The fourth-order valence-corrected chi connectivity index (χ4v) is 3.56. The fraction of sp³-hybridized carbons (Fsp3) is 0.0625. The molecule has 0 radical (unpaired) electrons. The van der Waals surface area contributed by atoms with E-state index in [1.807, 2.05) is 0 Å². The van der Waals surface area contributed by atoms with Gasteiger partial charge in [0.05, 0.1) is 21.9 Å². The minimum atomic E-state index is -3.65. The second-order valence-electron chi connectivity index (χ2n) is 4.83. The van der Waals surface area contributed by atoms with E-state index in [0.29, 0.717) is 11.0 Å². The maximum atomic E-state index is 12.3. The molecule has 1 aromatic heterocycles. The second kappa shape index (κ2) is 5.31. The third kappa shape index (κ3) is 2.48. The molecule has 0 spiro atoms. The van der Waals surface area contributed by atoms with Crippen molar-refractivity contribution in [2.45, 2.75) is 4.90 Å². The van der Waals surface area contributed by atoms with Gasteiger partial charge in [-0.3, -0.25) is 0 Å². The van der Waals surface area contributed by atoms with Gasteiger partial charge in [-0.05, 0) is 18.2 Å². The number of fused-ring (bicyclic) bond motifs is 1. The lowest BCUT2D eigenvalue weighted by molar-refractivity contribution is 0.345. The number of nitrogens with one attached hydrogen (secondary N) is 1. The Labute approximate surface area is 127 Å². The van der Waals surface area contributed by atoms with E-state index in [9.17, 15) is 13.5 Å². The molecule has 0 aliphatic heterocycles. The summed E-state index contributed by atoms with van der Waals surface area (Å²) in [4.78, 5) is 0.145. The fourth-order valence-electron chi connectivity index (χ4n) is 2.30. The van der Waals surface area contributed by atoms with Gasteiger partial charge >= 0.3 is 0 Å². The molecule has 2 N–H and O–H groups in total. The maximum absolute atomic E-state index is 12.3. The summed E-state index contributed by atoms with van der Waals surface area (Å²) in [5.41, 5.74) is 0.332. The molecule has 3 rings (SSSR count). The van der Waals surface area contributed by atoms with Crippen molar-refractivity contribution in [1.29, 1.82) is 5.41 Å². The molecule has 1 heterocycles. The highest BCUT2D eigenvalue weighted by atomic mass is 32.2. The lowest BCUT2D eigenvalue weighted by atomic mass is 10.1. The molecule has 0 aliphatic carbocycles. The highest BCUT2D eigenvalue weighted by Crippen LogP contribution is 2.31. The van der Waals surface area contributed by atoms with E-state index in [1.54, 1.807) is 42.5 Å². The van der Waals surface area contributed by atoms with Gasteiger partial charge in [-0.15, -0.1) is 0 Å². The average Bonchev–Trinajstić information content (AvgIpc) is 2.83. The van der Waals surface area contributed by atoms with Gasteiger partial charge in [0.15, 0.2) is 9.84 Å². The van der Waals surface area contributed by atoms with Crippen LogP contribution in [0.5, 0.6) is 5.95 Å². The molecule has 6 heteroatoms. The first-order valence-corrected chi connectivity index (χ1v) is 8.20. The van der Waals surface area contributed by atoms with Crippen molar-refractivity contribution in [2.24, 2.45) is 0 Å². The maximum Gasteiger partial charge on any atom is 0.292 e. The SMILES string of the molecule is N=C(CS(=O)(=O)c1ccccc1)c1c(O)oc2ccccc12. The van der Waals surface area contributed by atoms with E-state index in [2.05, 4.69) is 0 Å². The van der Waals surface area contributed by atoms with Gasteiger partial charge in [-0.25, -0.2) is 8.42 Å². The molecule has 0 aliphatic rings. The van der Waals surface area contributed by atoms with E-state index in [-0.39, 0.29) is 16.2 Å². The molecular formula is C16H13NO4S. The van der Waals surface area contributed by atoms with Crippen molar-refractivity contribution in [3.63, 3.8) is 0 Å². The summed E-state index contributed by atoms with van der Waals surface area (Å²) in [7, 11) is -3.65. The van der Waals surface area contributed by atoms with Crippen LogP contribution in [0.4, 0.5) is 0 Å². The number of sulfone groups is 1. The normalized spacial score (nSPS) is 11.6. The van der Waals surface area contributed by atoms with E-state index in [4.69, 9.17) is 9.83 Å². The van der Waals surface area contributed by atoms with Crippen LogP contribution in [0.1, 0.15) is 5.56 Å². The summed E-state index contributed by atoms with van der Waals surface area (Å²) in [5.74, 6) is -0.942. The van der Waals surface area contributed by atoms with Crippen LogP contribution >= 0.6 is 0 Å². The molecule has 22 heavy (non-hydrogen) atoms. The zero-order valence-corrected chi connectivity index (χ0v) is 12.3. The van der Waals surface area contributed by atoms with Crippen molar-refractivity contribution >= 4 is 26.5 Å². The molecule has 2 aromatic carbocycles. The van der Waals surface area contributed by atoms with Gasteiger partial charge in [0.1, 0.15) is 5.58 Å². The molecule has 0 unspecified atom stereocenters. The molecule has 0 fully saturated rings. The van der Waals surface area contributed by atoms with Crippen LogP contribution in [0.3, 0.4) is 0 Å². The molecule has 0 bridgehead atoms. The molecule has 0 atom stereocenters. The minimum Gasteiger partial charge on any atom is -0.480 e. The first-order valence-electron chi connectivity index (χ1n) is 6.55. The summed E-state index contributed by atoms with van der Waals surface area (Å²) >= 11 is 0. The second-order valence-corrected chi connectivity index (χ2v) is 6.82. The molecule has 0 saturated heterocycles. The molecule has 0 saturated carbocycles. The van der Waals surface area contributed by atoms with Gasteiger partial charge < -0.3 is 14.9 Å². The van der Waals surface area contributed by atoms with Gasteiger partial charge in [0.2, 0.25) is 0 Å². The number of furan rings is 1. The smallest absolute Gasteiger partial charge is 0.292 e. The third-order valence-electron chi connectivity index (χ3n) is 3.32. The van der Waals surface area contributed by atoms with Gasteiger partial charge in [0, 0.05) is 5.39 Å². The molecule has 5 nitrogen and oxygen atoms in total. The number of para-hydroxylation sites is 1. The Morgan fingerprint density at radius 1 is 1.05 bits per heavy atom. The molecule has 112 valence electrons. The first kappa shape index (κ1) is 14.3. The van der Waals surface area contributed by atoms with Crippen LogP contribution < -0.4 is 0 Å². The topological polar surface area (TPSA) is 91.4 Å². The van der Waals surface area contributed by atoms with Gasteiger partial charge in [-0.1, -0.05) is 36.4 Å². The first-order chi connectivity index (χ1) is 10.5. The minimum absolute atomic E-state index is 0.120. The monoisotopic (exact) mass is 315 g/mol. The van der Waals surface area contributed by atoms with E-state index in [0.717, 1.165) is 0 Å². The van der Waals surface area contributed by atoms with Crippen LogP contribution in [-0.2, 0) is 9.84 Å². The van der Waals surface area contributed by atoms with Crippen LogP contribution in [0.2, 0.25) is 0 Å². The zero-order chi connectivity index (χ0) is 15.7. The predicted octanol–water partition coefficient (Wildman–Crippen LogP) is 2.98. The number of rotatable bonds is 4. The summed E-state index contributed by atoms with van der Waals surface area (Å²) in [6, 6.07) is 14.7. The van der Waals surface area contributed by atoms with Crippen LogP contribution in [0.15, 0.2) is 63.9 Å². The number of aromatic hydroxyl groups is 1. The third-order valence-corrected chi connectivity index (χ3v) is 4.97. The van der Waals surface area contributed by atoms with E-state index < -0.39 is 21.5 Å². The average molecular weight is 315 g/mol. The molecule has 3 aromatic rings. The summed E-state index contributed by atoms with van der Waals surface area (Å²) in [6.07, 6.45) is 0. The quantitative estimate of drug-likeness (QED) is 0.724. The highest BCUT2D eigenvalue weighted by Gasteiger charge is 2.23. The zero-order valence-electron chi connectivity index (χ0n) is 11.5. The molecule has 0 amide bonds. The lowest BCUT2D eigenvalue weighted by Gasteiger charge is -2.05. The van der Waals surface area contributed by atoms with Crippen molar-refractivity contribution in [3.8, 4) is 5.95 Å². The van der Waals surface area contributed by atoms with Crippen LogP contribution in [0, 0.1) is 5.41 Å². The van der Waals surface area contributed by atoms with E-state index >= 15 is 0 Å².